The third kappa shape index (κ3) is 5.38. The monoisotopic (exact) mass is 464 g/mol. The topological polar surface area (TPSA) is 73.6 Å². The Morgan fingerprint density at radius 2 is 1.89 bits per heavy atom. The fraction of sp³-hybridized carbons (Fsp3) is 0.267. The lowest BCUT2D eigenvalue weighted by atomic mass is 10.1. The van der Waals surface area contributed by atoms with Gasteiger partial charge in [0.1, 0.15) is 11.6 Å². The van der Waals surface area contributed by atoms with Gasteiger partial charge in [0.25, 0.3) is 5.91 Å². The average molecular weight is 465 g/mol. The van der Waals surface area contributed by atoms with Crippen LogP contribution < -0.4 is 5.32 Å². The molecule has 0 saturated carbocycles. The third-order valence-corrected chi connectivity index (χ3v) is 6.50. The highest BCUT2D eigenvalue weighted by molar-refractivity contribution is 6.01. The molecule has 0 atom stereocenters. The van der Waals surface area contributed by atoms with Gasteiger partial charge in [0.05, 0.1) is 0 Å². The molecule has 0 bridgehead atoms. The van der Waals surface area contributed by atoms with E-state index in [0.717, 1.165) is 45.5 Å². The Bertz CT molecular complexity index is 1400. The Balaban J connectivity index is 1.46. The summed E-state index contributed by atoms with van der Waals surface area (Å²) in [6.45, 7) is 6.73. The van der Waals surface area contributed by atoms with Crippen LogP contribution in [0.25, 0.3) is 22.7 Å². The molecule has 0 aliphatic rings. The zero-order valence-corrected chi connectivity index (χ0v) is 20.7. The lowest BCUT2D eigenvalue weighted by Crippen LogP contribution is -2.26. The van der Waals surface area contributed by atoms with Gasteiger partial charge < -0.3 is 14.9 Å². The summed E-state index contributed by atoms with van der Waals surface area (Å²) < 4.78 is 2.17. The molecule has 5 nitrogen and oxygen atoms in total. The Hall–Kier alpha value is -4.04. The van der Waals surface area contributed by atoms with Crippen LogP contribution in [0.1, 0.15) is 47.8 Å². The van der Waals surface area contributed by atoms with Crippen LogP contribution >= 0.6 is 0 Å². The molecule has 2 aromatic carbocycles. The van der Waals surface area contributed by atoms with Gasteiger partial charge in [0, 0.05) is 40.7 Å². The Kier molecular flexibility index (Phi) is 7.52. The van der Waals surface area contributed by atoms with Crippen LogP contribution in [0.4, 0.5) is 0 Å². The average Bonchev–Trinajstić information content (AvgIpc) is 3.41. The van der Waals surface area contributed by atoms with Crippen LogP contribution in [-0.2, 0) is 17.6 Å². The van der Waals surface area contributed by atoms with Crippen LogP contribution in [0.2, 0.25) is 0 Å². The van der Waals surface area contributed by atoms with E-state index >= 15 is 0 Å². The number of nitriles is 1. The molecule has 178 valence electrons. The molecule has 0 aliphatic heterocycles. The molecule has 1 amide bonds. The minimum atomic E-state index is -0.350. The molecule has 2 heterocycles. The molecule has 35 heavy (non-hydrogen) atoms. The number of benzene rings is 2. The van der Waals surface area contributed by atoms with E-state index in [0.29, 0.717) is 13.0 Å². The summed E-state index contributed by atoms with van der Waals surface area (Å²) >= 11 is 0. The molecule has 2 N–H and O–H groups in total. The Morgan fingerprint density at radius 3 is 2.63 bits per heavy atom. The molecule has 4 rings (SSSR count). The summed E-state index contributed by atoms with van der Waals surface area (Å²) in [6, 6.07) is 20.8. The number of amides is 1. The summed E-state index contributed by atoms with van der Waals surface area (Å²) in [7, 11) is 0. The molecule has 0 aliphatic carbocycles. The second-order valence-electron chi connectivity index (χ2n) is 8.97. The van der Waals surface area contributed by atoms with Crippen molar-refractivity contribution >= 4 is 22.9 Å². The summed E-state index contributed by atoms with van der Waals surface area (Å²) in [6.07, 6.45) is 7.83. The van der Waals surface area contributed by atoms with E-state index in [1.54, 1.807) is 6.08 Å². The van der Waals surface area contributed by atoms with Gasteiger partial charge in [-0.3, -0.25) is 4.79 Å². The van der Waals surface area contributed by atoms with Crippen molar-refractivity contribution in [1.82, 2.24) is 14.9 Å². The minimum absolute atomic E-state index is 0.110. The van der Waals surface area contributed by atoms with Crippen LogP contribution in [-0.4, -0.2) is 22.0 Å². The lowest BCUT2D eigenvalue weighted by Gasteiger charge is -2.11. The second-order valence-corrected chi connectivity index (χ2v) is 8.97. The molecular weight excluding hydrogens is 432 g/mol. The summed E-state index contributed by atoms with van der Waals surface area (Å²) in [5.41, 5.74) is 7.70. The number of unbranched alkanes of at least 4 members (excludes halogenated alkanes) is 1. The normalized spacial score (nSPS) is 11.5. The molecule has 0 spiro atoms. The van der Waals surface area contributed by atoms with E-state index in [1.165, 1.54) is 18.4 Å². The van der Waals surface area contributed by atoms with Gasteiger partial charge in [-0.2, -0.15) is 5.26 Å². The maximum absolute atomic E-state index is 12.8. The number of fused-ring (bicyclic) bond motifs is 1. The zero-order valence-electron chi connectivity index (χ0n) is 20.7. The van der Waals surface area contributed by atoms with Crippen LogP contribution in [0, 0.1) is 25.2 Å². The molecule has 5 heteroatoms. The summed E-state index contributed by atoms with van der Waals surface area (Å²) in [5, 5.41) is 13.7. The summed E-state index contributed by atoms with van der Waals surface area (Å²) in [4.78, 5) is 16.0. The van der Waals surface area contributed by atoms with Gasteiger partial charge in [0.15, 0.2) is 0 Å². The van der Waals surface area contributed by atoms with Gasteiger partial charge >= 0.3 is 0 Å². The standard InChI is InChI=1S/C30H32N4O/c1-4-5-8-23-11-13-27(14-12-23)34-21(2)17-25(22(34)3)18-26(19-31)30(35)32-16-15-24-20-33-29-10-7-6-9-28(24)29/h6-7,9-14,17-18,20,33H,4-5,8,15-16H2,1-3H3,(H,32,35)/b26-18-. The smallest absolute Gasteiger partial charge is 0.261 e. The first-order valence-corrected chi connectivity index (χ1v) is 12.2. The zero-order chi connectivity index (χ0) is 24.8. The van der Waals surface area contributed by atoms with Crippen molar-refractivity contribution < 1.29 is 4.79 Å². The van der Waals surface area contributed by atoms with Gasteiger partial charge in [-0.05, 0) is 80.1 Å². The number of H-pyrrole nitrogens is 1. The predicted octanol–water partition coefficient (Wildman–Crippen LogP) is 6.18. The quantitative estimate of drug-likeness (QED) is 0.229. The van der Waals surface area contributed by atoms with Crippen molar-refractivity contribution in [3.8, 4) is 11.8 Å². The molecule has 0 radical (unpaired) electrons. The SMILES string of the molecule is CCCCc1ccc(-n2c(C)cc(/C=C(/C#N)C(=O)NCCc3c[nH]c4ccccc34)c2C)cc1. The number of carbonyl (C=O) groups excluding carboxylic acids is 1. The van der Waals surface area contributed by atoms with Gasteiger partial charge in [0.2, 0.25) is 0 Å². The second kappa shape index (κ2) is 10.9. The fourth-order valence-corrected chi connectivity index (χ4v) is 4.57. The predicted molar refractivity (Wildman–Crippen MR) is 142 cm³/mol. The molecule has 0 unspecified atom stereocenters. The van der Waals surface area contributed by atoms with Crippen molar-refractivity contribution in [1.29, 1.82) is 5.26 Å². The van der Waals surface area contributed by atoms with Crippen LogP contribution in [0.3, 0.4) is 0 Å². The van der Waals surface area contributed by atoms with Gasteiger partial charge in [-0.15, -0.1) is 0 Å². The third-order valence-electron chi connectivity index (χ3n) is 6.50. The minimum Gasteiger partial charge on any atom is -0.361 e. The van der Waals surface area contributed by atoms with Crippen molar-refractivity contribution in [3.05, 3.63) is 94.4 Å². The highest BCUT2D eigenvalue weighted by Gasteiger charge is 2.14. The van der Waals surface area contributed by atoms with Crippen molar-refractivity contribution in [2.75, 3.05) is 6.54 Å². The van der Waals surface area contributed by atoms with E-state index in [1.807, 2.05) is 44.3 Å². The lowest BCUT2D eigenvalue weighted by molar-refractivity contribution is -0.117. The number of hydrogen-bond donors (Lipinski definition) is 2. The number of carbonyl (C=O) groups is 1. The Labute approximate surface area is 207 Å². The van der Waals surface area contributed by atoms with Gasteiger partial charge in [-0.25, -0.2) is 0 Å². The van der Waals surface area contributed by atoms with Crippen molar-refractivity contribution in [3.63, 3.8) is 0 Å². The van der Waals surface area contributed by atoms with Crippen LogP contribution in [0.15, 0.2) is 66.4 Å². The first-order chi connectivity index (χ1) is 17.0. The molecule has 0 fully saturated rings. The highest BCUT2D eigenvalue weighted by atomic mass is 16.1. The van der Waals surface area contributed by atoms with E-state index in [-0.39, 0.29) is 11.5 Å². The fourth-order valence-electron chi connectivity index (χ4n) is 4.57. The van der Waals surface area contributed by atoms with E-state index in [2.05, 4.69) is 58.2 Å². The number of aromatic nitrogens is 2. The number of aryl methyl sites for hydroxylation is 2. The maximum atomic E-state index is 12.8. The summed E-state index contributed by atoms with van der Waals surface area (Å²) in [5.74, 6) is -0.350. The van der Waals surface area contributed by atoms with Gasteiger partial charge in [-0.1, -0.05) is 43.7 Å². The van der Waals surface area contributed by atoms with E-state index < -0.39 is 0 Å². The van der Waals surface area contributed by atoms with E-state index in [9.17, 15) is 10.1 Å². The highest BCUT2D eigenvalue weighted by Crippen LogP contribution is 2.24. The maximum Gasteiger partial charge on any atom is 0.261 e. The number of rotatable bonds is 9. The molecule has 2 aromatic heterocycles. The first kappa shape index (κ1) is 24.1. The molecule has 0 saturated heterocycles. The Morgan fingerprint density at radius 1 is 1.11 bits per heavy atom. The number of aromatic amines is 1. The van der Waals surface area contributed by atoms with Crippen LogP contribution in [0.5, 0.6) is 0 Å². The number of hydrogen-bond acceptors (Lipinski definition) is 2. The largest absolute Gasteiger partial charge is 0.361 e. The first-order valence-electron chi connectivity index (χ1n) is 12.2. The van der Waals surface area contributed by atoms with Crippen molar-refractivity contribution in [2.24, 2.45) is 0 Å². The van der Waals surface area contributed by atoms with Crippen molar-refractivity contribution in [2.45, 2.75) is 46.5 Å². The number of para-hydroxylation sites is 1. The number of nitrogens with one attached hydrogen (secondary N) is 2. The van der Waals surface area contributed by atoms with E-state index in [4.69, 9.17) is 0 Å². The molecular formula is C30H32N4O. The molecule has 4 aromatic rings. The number of nitrogens with zero attached hydrogens (tertiary/aromatic N) is 2.